The minimum Gasteiger partial charge on any atom is -0.490 e. The minimum atomic E-state index is -0.438. The van der Waals surface area contributed by atoms with Gasteiger partial charge in [0.25, 0.3) is 0 Å². The normalized spacial score (nSPS) is 12.1. The number of ether oxygens (including phenoxy) is 2. The van der Waals surface area contributed by atoms with E-state index in [-0.39, 0.29) is 24.8 Å². The van der Waals surface area contributed by atoms with Crippen LogP contribution in [0, 0.1) is 5.82 Å². The third-order valence-corrected chi connectivity index (χ3v) is 4.73. The topological polar surface area (TPSA) is 50.7 Å². The molecule has 1 atom stereocenters. The summed E-state index contributed by atoms with van der Waals surface area (Å²) in [7, 11) is 0. The molecule has 7 heteroatoms. The molecule has 0 heterocycles. The van der Waals surface area contributed by atoms with Gasteiger partial charge in [-0.2, -0.15) is 0 Å². The van der Waals surface area contributed by atoms with Crippen LogP contribution in [0.25, 0.3) is 0 Å². The standard InChI is InChI=1S/C20H24Cl2FNO3/c1-3-14(11-25)24-10-13-8-17(22)20(19(9-13)26-4-2)27-12-15-16(21)6-5-7-18(15)23/h5-9,14,24-25H,3-4,10-12H2,1-2H3/t14-/m0/s1. The number of nitrogens with one attached hydrogen (secondary N) is 1. The summed E-state index contributed by atoms with van der Waals surface area (Å²) in [5.41, 5.74) is 1.16. The maximum Gasteiger partial charge on any atom is 0.180 e. The van der Waals surface area contributed by atoms with Crippen molar-refractivity contribution in [3.63, 3.8) is 0 Å². The maximum absolute atomic E-state index is 14.0. The molecule has 0 aliphatic heterocycles. The minimum absolute atomic E-state index is 0.0124. The van der Waals surface area contributed by atoms with Crippen LogP contribution >= 0.6 is 23.2 Å². The molecule has 27 heavy (non-hydrogen) atoms. The lowest BCUT2D eigenvalue weighted by atomic mass is 10.1. The molecule has 0 aliphatic carbocycles. The SMILES string of the molecule is CCOc1cc(CN[C@@H](CC)CO)cc(Cl)c1OCc1c(F)cccc1Cl. The van der Waals surface area contributed by atoms with Crippen molar-refractivity contribution in [3.8, 4) is 11.5 Å². The Bertz CT molecular complexity index is 734. The van der Waals surface area contributed by atoms with Gasteiger partial charge in [-0.15, -0.1) is 0 Å². The van der Waals surface area contributed by atoms with Crippen LogP contribution in [0.1, 0.15) is 31.4 Å². The first-order valence-corrected chi connectivity index (χ1v) is 9.60. The lowest BCUT2D eigenvalue weighted by Gasteiger charge is -2.18. The molecule has 2 N–H and O–H groups in total. The van der Waals surface area contributed by atoms with Crippen molar-refractivity contribution in [2.24, 2.45) is 0 Å². The fourth-order valence-electron chi connectivity index (χ4n) is 2.54. The molecule has 0 amide bonds. The van der Waals surface area contributed by atoms with Gasteiger partial charge in [-0.1, -0.05) is 36.2 Å². The molecule has 0 aromatic heterocycles. The summed E-state index contributed by atoms with van der Waals surface area (Å²) in [5, 5.41) is 13.2. The average molecular weight is 416 g/mol. The van der Waals surface area contributed by atoms with Crippen LogP contribution in [0.2, 0.25) is 10.0 Å². The first kappa shape index (κ1) is 21.8. The Morgan fingerprint density at radius 1 is 1.15 bits per heavy atom. The Balaban J connectivity index is 2.20. The third-order valence-electron chi connectivity index (χ3n) is 4.10. The van der Waals surface area contributed by atoms with Crippen LogP contribution in [-0.4, -0.2) is 24.4 Å². The monoisotopic (exact) mass is 415 g/mol. The van der Waals surface area contributed by atoms with E-state index in [4.69, 9.17) is 32.7 Å². The molecule has 0 fully saturated rings. The molecule has 2 aromatic carbocycles. The van der Waals surface area contributed by atoms with Gasteiger partial charge in [0.15, 0.2) is 11.5 Å². The fourth-order valence-corrected chi connectivity index (χ4v) is 3.05. The molecule has 0 aliphatic rings. The van der Waals surface area contributed by atoms with Gasteiger partial charge in [-0.3, -0.25) is 0 Å². The van der Waals surface area contributed by atoms with Crippen molar-refractivity contribution >= 4 is 23.2 Å². The van der Waals surface area contributed by atoms with E-state index in [1.807, 2.05) is 19.9 Å². The van der Waals surface area contributed by atoms with Gasteiger partial charge in [0.1, 0.15) is 12.4 Å². The summed E-state index contributed by atoms with van der Waals surface area (Å²) in [5.74, 6) is 0.383. The molecule has 2 aromatic rings. The first-order chi connectivity index (χ1) is 13.0. The van der Waals surface area contributed by atoms with E-state index >= 15 is 0 Å². The molecule has 2 rings (SSSR count). The van der Waals surface area contributed by atoms with Gasteiger partial charge < -0.3 is 19.9 Å². The molecule has 0 radical (unpaired) electrons. The van der Waals surface area contributed by atoms with Crippen molar-refractivity contribution in [2.75, 3.05) is 13.2 Å². The summed E-state index contributed by atoms with van der Waals surface area (Å²) < 4.78 is 25.4. The lowest BCUT2D eigenvalue weighted by Crippen LogP contribution is -2.31. The van der Waals surface area contributed by atoms with Crippen molar-refractivity contribution in [2.45, 2.75) is 39.5 Å². The summed E-state index contributed by atoms with van der Waals surface area (Å²) in [4.78, 5) is 0. The zero-order chi connectivity index (χ0) is 19.8. The molecule has 0 bridgehead atoms. The number of benzene rings is 2. The van der Waals surface area contributed by atoms with Crippen molar-refractivity contribution in [1.29, 1.82) is 0 Å². The van der Waals surface area contributed by atoms with E-state index in [2.05, 4.69) is 5.32 Å². The van der Waals surface area contributed by atoms with E-state index in [9.17, 15) is 9.50 Å². The highest BCUT2D eigenvalue weighted by Gasteiger charge is 2.16. The fraction of sp³-hybridized carbons (Fsp3) is 0.400. The highest BCUT2D eigenvalue weighted by atomic mass is 35.5. The third kappa shape index (κ3) is 5.98. The van der Waals surface area contributed by atoms with Gasteiger partial charge in [0.05, 0.1) is 23.3 Å². The van der Waals surface area contributed by atoms with Crippen LogP contribution in [-0.2, 0) is 13.2 Å². The largest absolute Gasteiger partial charge is 0.490 e. The van der Waals surface area contributed by atoms with Gasteiger partial charge in [0.2, 0.25) is 0 Å². The van der Waals surface area contributed by atoms with Crippen LogP contribution in [0.4, 0.5) is 4.39 Å². The maximum atomic E-state index is 14.0. The first-order valence-electron chi connectivity index (χ1n) is 8.85. The van der Waals surface area contributed by atoms with Gasteiger partial charge in [-0.05, 0) is 43.2 Å². The Morgan fingerprint density at radius 3 is 2.56 bits per heavy atom. The summed E-state index contributed by atoms with van der Waals surface area (Å²) in [6, 6.07) is 8.07. The summed E-state index contributed by atoms with van der Waals surface area (Å²) >= 11 is 12.4. The number of aliphatic hydroxyl groups excluding tert-OH is 1. The molecule has 4 nitrogen and oxygen atoms in total. The van der Waals surface area contributed by atoms with Crippen molar-refractivity contribution in [3.05, 3.63) is 57.3 Å². The van der Waals surface area contributed by atoms with Crippen molar-refractivity contribution in [1.82, 2.24) is 5.32 Å². The van der Waals surface area contributed by atoms with Gasteiger partial charge >= 0.3 is 0 Å². The predicted octanol–water partition coefficient (Wildman–Crippen LogP) is 4.97. The highest BCUT2D eigenvalue weighted by Crippen LogP contribution is 2.37. The number of halogens is 3. The number of hydrogen-bond donors (Lipinski definition) is 2. The zero-order valence-corrected chi connectivity index (χ0v) is 16.9. The molecular weight excluding hydrogens is 392 g/mol. The Labute approximate surface area is 169 Å². The lowest BCUT2D eigenvalue weighted by molar-refractivity contribution is 0.238. The zero-order valence-electron chi connectivity index (χ0n) is 15.4. The van der Waals surface area contributed by atoms with Gasteiger partial charge in [0, 0.05) is 18.2 Å². The van der Waals surface area contributed by atoms with Crippen LogP contribution < -0.4 is 14.8 Å². The average Bonchev–Trinajstić information content (AvgIpc) is 2.64. The highest BCUT2D eigenvalue weighted by molar-refractivity contribution is 6.32. The molecular formula is C20H24Cl2FNO3. The van der Waals surface area contributed by atoms with Crippen LogP contribution in [0.3, 0.4) is 0 Å². The van der Waals surface area contributed by atoms with E-state index in [0.717, 1.165) is 12.0 Å². The number of rotatable bonds is 10. The van der Waals surface area contributed by atoms with E-state index in [1.54, 1.807) is 12.1 Å². The van der Waals surface area contributed by atoms with Crippen LogP contribution in [0.15, 0.2) is 30.3 Å². The van der Waals surface area contributed by atoms with Gasteiger partial charge in [-0.25, -0.2) is 4.39 Å². The molecule has 0 saturated heterocycles. The number of hydrogen-bond acceptors (Lipinski definition) is 4. The molecule has 0 unspecified atom stereocenters. The van der Waals surface area contributed by atoms with E-state index in [0.29, 0.717) is 34.7 Å². The molecule has 0 saturated carbocycles. The molecule has 148 valence electrons. The van der Waals surface area contributed by atoms with Crippen LogP contribution in [0.5, 0.6) is 11.5 Å². The Hall–Kier alpha value is -1.53. The Kier molecular flexibility index (Phi) is 8.64. The second-order valence-corrected chi connectivity index (χ2v) is 6.81. The summed E-state index contributed by atoms with van der Waals surface area (Å²) in [6.45, 7) is 4.81. The number of aliphatic hydroxyl groups is 1. The molecule has 0 spiro atoms. The summed E-state index contributed by atoms with van der Waals surface area (Å²) in [6.07, 6.45) is 0.813. The quantitative estimate of drug-likeness (QED) is 0.574. The van der Waals surface area contributed by atoms with E-state index < -0.39 is 5.82 Å². The predicted molar refractivity (Wildman–Crippen MR) is 106 cm³/mol. The van der Waals surface area contributed by atoms with E-state index in [1.165, 1.54) is 12.1 Å². The van der Waals surface area contributed by atoms with Crippen molar-refractivity contribution < 1.29 is 19.0 Å². The smallest absolute Gasteiger partial charge is 0.180 e. The Morgan fingerprint density at radius 2 is 1.93 bits per heavy atom. The second kappa shape index (κ2) is 10.7. The second-order valence-electron chi connectivity index (χ2n) is 6.00.